The number of ether oxygens (including phenoxy) is 1. The fourth-order valence-corrected chi connectivity index (χ4v) is 5.65. The third kappa shape index (κ3) is 3.53. The van der Waals surface area contributed by atoms with Gasteiger partial charge in [-0.15, -0.1) is 0 Å². The third-order valence-electron chi connectivity index (χ3n) is 7.52. The maximum absolute atomic E-state index is 6.28. The Morgan fingerprint density at radius 3 is 1.92 bits per heavy atom. The number of fused-ring (bicyclic) bond motifs is 6. The minimum Gasteiger partial charge on any atom is -0.488 e. The molecule has 0 atom stereocenters. The van der Waals surface area contributed by atoms with Gasteiger partial charge in [-0.3, -0.25) is 4.57 Å². The number of aromatic nitrogens is 3. The van der Waals surface area contributed by atoms with Gasteiger partial charge in [0.15, 0.2) is 0 Å². The quantitative estimate of drug-likeness (QED) is 0.244. The smallest absolute Gasteiger partial charge is 0.235 e. The Hall–Kier alpha value is -5.22. The van der Waals surface area contributed by atoms with E-state index in [4.69, 9.17) is 14.7 Å². The molecule has 4 heteroatoms. The molecular formula is C35H23N3O. The van der Waals surface area contributed by atoms with Crippen molar-refractivity contribution < 1.29 is 4.74 Å². The van der Waals surface area contributed by atoms with Gasteiger partial charge < -0.3 is 4.74 Å². The zero-order valence-corrected chi connectivity index (χ0v) is 21.1. The van der Waals surface area contributed by atoms with Crippen LogP contribution in [0.25, 0.3) is 61.4 Å². The molecule has 0 spiro atoms. The summed E-state index contributed by atoms with van der Waals surface area (Å²) in [5.41, 5.74) is 9.52. The molecule has 1 aliphatic rings. The topological polar surface area (TPSA) is 39.9 Å². The van der Waals surface area contributed by atoms with Crippen LogP contribution < -0.4 is 4.74 Å². The van der Waals surface area contributed by atoms with Gasteiger partial charge in [-0.05, 0) is 29.3 Å². The summed E-state index contributed by atoms with van der Waals surface area (Å²) in [5.74, 6) is 1.52. The van der Waals surface area contributed by atoms with Crippen LogP contribution in [0.15, 0.2) is 127 Å². The summed E-state index contributed by atoms with van der Waals surface area (Å²) < 4.78 is 8.45. The van der Waals surface area contributed by atoms with Crippen LogP contribution in [-0.4, -0.2) is 14.5 Å². The van der Waals surface area contributed by atoms with Crippen LogP contribution in [-0.2, 0) is 6.61 Å². The Kier molecular flexibility index (Phi) is 4.85. The van der Waals surface area contributed by atoms with E-state index in [9.17, 15) is 0 Å². The van der Waals surface area contributed by atoms with Crippen molar-refractivity contribution in [1.82, 2.24) is 14.5 Å². The molecule has 0 amide bonds. The van der Waals surface area contributed by atoms with E-state index in [2.05, 4.69) is 95.6 Å². The SMILES string of the molecule is c1ccc(-c2cc(-c3ccccc3)nc(-n3c4ccccc4c4cc5c(cc43)OCc3ccccc3-5)n2)cc1. The molecule has 0 aliphatic carbocycles. The molecule has 8 rings (SSSR count). The molecule has 3 heterocycles. The van der Waals surface area contributed by atoms with Crippen LogP contribution in [0.5, 0.6) is 5.75 Å². The molecule has 0 saturated carbocycles. The largest absolute Gasteiger partial charge is 0.488 e. The molecule has 0 N–H and O–H groups in total. The summed E-state index contributed by atoms with van der Waals surface area (Å²) in [7, 11) is 0. The second-order valence-corrected chi connectivity index (χ2v) is 9.83. The second kappa shape index (κ2) is 8.67. The maximum Gasteiger partial charge on any atom is 0.235 e. The van der Waals surface area contributed by atoms with Gasteiger partial charge in [0.2, 0.25) is 5.95 Å². The van der Waals surface area contributed by atoms with E-state index >= 15 is 0 Å². The number of hydrogen-bond acceptors (Lipinski definition) is 3. The van der Waals surface area contributed by atoms with Crippen LogP contribution in [0.3, 0.4) is 0 Å². The predicted molar refractivity (Wildman–Crippen MR) is 157 cm³/mol. The summed E-state index contributed by atoms with van der Waals surface area (Å²) in [6, 6.07) is 44.0. The maximum atomic E-state index is 6.28. The van der Waals surface area contributed by atoms with Crippen LogP contribution in [0, 0.1) is 0 Å². The van der Waals surface area contributed by atoms with Crippen molar-refractivity contribution in [2.75, 3.05) is 0 Å². The molecule has 4 nitrogen and oxygen atoms in total. The van der Waals surface area contributed by atoms with Gasteiger partial charge in [0, 0.05) is 33.5 Å². The summed E-state index contributed by atoms with van der Waals surface area (Å²) >= 11 is 0. The number of rotatable bonds is 3. The van der Waals surface area contributed by atoms with Crippen molar-refractivity contribution in [3.05, 3.63) is 133 Å². The molecule has 0 saturated heterocycles. The molecule has 39 heavy (non-hydrogen) atoms. The highest BCUT2D eigenvalue weighted by Gasteiger charge is 2.22. The van der Waals surface area contributed by atoms with Gasteiger partial charge in [0.05, 0.1) is 22.4 Å². The first kappa shape index (κ1) is 21.8. The lowest BCUT2D eigenvalue weighted by atomic mass is 9.95. The van der Waals surface area contributed by atoms with E-state index in [1.165, 1.54) is 11.1 Å². The van der Waals surface area contributed by atoms with E-state index in [1.807, 2.05) is 36.4 Å². The van der Waals surface area contributed by atoms with E-state index in [1.54, 1.807) is 0 Å². The van der Waals surface area contributed by atoms with Crippen molar-refractivity contribution in [2.45, 2.75) is 6.61 Å². The highest BCUT2D eigenvalue weighted by Crippen LogP contribution is 2.43. The highest BCUT2D eigenvalue weighted by molar-refractivity contribution is 6.11. The van der Waals surface area contributed by atoms with E-state index in [-0.39, 0.29) is 0 Å². The van der Waals surface area contributed by atoms with Crippen molar-refractivity contribution in [3.8, 4) is 45.3 Å². The molecule has 0 unspecified atom stereocenters. The lowest BCUT2D eigenvalue weighted by Crippen LogP contribution is -2.06. The van der Waals surface area contributed by atoms with E-state index in [0.29, 0.717) is 12.6 Å². The number of hydrogen-bond donors (Lipinski definition) is 0. The Bertz CT molecular complexity index is 1950. The molecule has 5 aromatic carbocycles. The Labute approximate surface area is 225 Å². The molecule has 7 aromatic rings. The highest BCUT2D eigenvalue weighted by atomic mass is 16.5. The molecule has 0 radical (unpaired) electrons. The van der Waals surface area contributed by atoms with Gasteiger partial charge in [0.25, 0.3) is 0 Å². The third-order valence-corrected chi connectivity index (χ3v) is 7.52. The monoisotopic (exact) mass is 501 g/mol. The predicted octanol–water partition coefficient (Wildman–Crippen LogP) is 8.47. The summed E-state index contributed by atoms with van der Waals surface area (Å²) in [6.07, 6.45) is 0. The molecule has 2 aromatic heterocycles. The van der Waals surface area contributed by atoms with Crippen molar-refractivity contribution in [1.29, 1.82) is 0 Å². The Balaban J connectivity index is 1.44. The van der Waals surface area contributed by atoms with Crippen LogP contribution in [0.4, 0.5) is 0 Å². The lowest BCUT2D eigenvalue weighted by molar-refractivity contribution is 0.302. The van der Waals surface area contributed by atoms with Gasteiger partial charge in [-0.2, -0.15) is 0 Å². The number of nitrogens with zero attached hydrogens (tertiary/aromatic N) is 3. The zero-order valence-electron chi connectivity index (χ0n) is 21.1. The standard InChI is InChI=1S/C35H23N3O/c1-3-11-23(12-4-1)30-20-31(24-13-5-2-6-14-24)37-35(36-30)38-32-18-10-9-17-27(32)28-19-29-26-16-8-7-15-25(26)22-39-34(29)21-33(28)38/h1-21H,22H2. The van der Waals surface area contributed by atoms with Gasteiger partial charge in [-0.25, -0.2) is 9.97 Å². The molecule has 0 bridgehead atoms. The van der Waals surface area contributed by atoms with Gasteiger partial charge >= 0.3 is 0 Å². The Morgan fingerprint density at radius 2 is 1.18 bits per heavy atom. The average Bonchev–Trinajstić information content (AvgIpc) is 3.34. The number of para-hydroxylation sites is 1. The summed E-state index contributed by atoms with van der Waals surface area (Å²) in [5, 5.41) is 2.31. The van der Waals surface area contributed by atoms with Crippen LogP contribution in [0.2, 0.25) is 0 Å². The van der Waals surface area contributed by atoms with Crippen molar-refractivity contribution in [3.63, 3.8) is 0 Å². The first-order valence-corrected chi connectivity index (χ1v) is 13.1. The molecule has 0 fully saturated rings. The minimum absolute atomic E-state index is 0.563. The van der Waals surface area contributed by atoms with Crippen LogP contribution >= 0.6 is 0 Å². The summed E-state index contributed by atoms with van der Waals surface area (Å²) in [6.45, 7) is 0.563. The molecule has 184 valence electrons. The van der Waals surface area contributed by atoms with Gasteiger partial charge in [-0.1, -0.05) is 103 Å². The van der Waals surface area contributed by atoms with Gasteiger partial charge in [0.1, 0.15) is 12.4 Å². The van der Waals surface area contributed by atoms with Crippen molar-refractivity contribution >= 4 is 21.8 Å². The van der Waals surface area contributed by atoms with E-state index in [0.717, 1.165) is 55.6 Å². The second-order valence-electron chi connectivity index (χ2n) is 9.83. The van der Waals surface area contributed by atoms with Crippen LogP contribution in [0.1, 0.15) is 5.56 Å². The fraction of sp³-hybridized carbons (Fsp3) is 0.0286. The zero-order chi connectivity index (χ0) is 25.8. The lowest BCUT2D eigenvalue weighted by Gasteiger charge is -2.21. The van der Waals surface area contributed by atoms with E-state index < -0.39 is 0 Å². The molecular weight excluding hydrogens is 478 g/mol. The Morgan fingerprint density at radius 1 is 0.538 bits per heavy atom. The normalized spacial score (nSPS) is 12.2. The first-order chi connectivity index (χ1) is 19.3. The van der Waals surface area contributed by atoms with Crippen molar-refractivity contribution in [2.24, 2.45) is 0 Å². The number of benzene rings is 5. The minimum atomic E-state index is 0.563. The first-order valence-electron chi connectivity index (χ1n) is 13.1. The average molecular weight is 502 g/mol. The fourth-order valence-electron chi connectivity index (χ4n) is 5.65. The molecule has 1 aliphatic heterocycles. The summed E-state index contributed by atoms with van der Waals surface area (Å²) in [4.78, 5) is 10.3.